The first-order valence-corrected chi connectivity index (χ1v) is 16.3. The minimum Gasteiger partial charge on any atom is -0.515 e. The van der Waals surface area contributed by atoms with Gasteiger partial charge in [-0.05, 0) is 54.8 Å². The van der Waals surface area contributed by atoms with Gasteiger partial charge in [-0.25, -0.2) is 0 Å². The van der Waals surface area contributed by atoms with Crippen molar-refractivity contribution in [1.29, 1.82) is 0 Å². The van der Waals surface area contributed by atoms with Crippen molar-refractivity contribution < 1.29 is 29.3 Å². The van der Waals surface area contributed by atoms with Gasteiger partial charge in [0, 0.05) is 35.8 Å². The predicted molar refractivity (Wildman–Crippen MR) is 174 cm³/mol. The van der Waals surface area contributed by atoms with Crippen LogP contribution in [0.2, 0.25) is 0 Å². The molecule has 43 heavy (non-hydrogen) atoms. The minimum atomic E-state index is -0.829. The molecule has 228 valence electrons. The van der Waals surface area contributed by atoms with Crippen LogP contribution < -0.4 is 20.7 Å². The van der Waals surface area contributed by atoms with Crippen LogP contribution in [0.1, 0.15) is 24.8 Å². The predicted octanol–water partition coefficient (Wildman–Crippen LogP) is 5.95. The normalized spacial score (nSPS) is 11.2. The van der Waals surface area contributed by atoms with Gasteiger partial charge < -0.3 is 30.9 Å². The highest BCUT2D eigenvalue weighted by Crippen LogP contribution is 2.27. The molecule has 3 rings (SSSR count). The number of anilines is 2. The van der Waals surface area contributed by atoms with Crippen molar-refractivity contribution >= 4 is 50.7 Å². The van der Waals surface area contributed by atoms with Gasteiger partial charge in [0.1, 0.15) is 5.92 Å². The Kier molecular flexibility index (Phi) is 14.3. The third-order valence-electron chi connectivity index (χ3n) is 6.33. The van der Waals surface area contributed by atoms with E-state index in [0.717, 1.165) is 18.4 Å². The first-order valence-electron chi connectivity index (χ1n) is 13.8. The molecule has 0 fully saturated rings. The summed E-state index contributed by atoms with van der Waals surface area (Å²) in [4.78, 5) is 38.5. The minimum absolute atomic E-state index is 0.00156. The van der Waals surface area contributed by atoms with Crippen LogP contribution in [0.25, 0.3) is 0 Å². The fraction of sp³-hybridized carbons (Fsp3) is 0.281. The van der Waals surface area contributed by atoms with Crippen LogP contribution in [0.3, 0.4) is 0 Å². The number of rotatable bonds is 17. The standard InChI is InChI=1S/C32H37N3O6S2/c1-41-29-21-23(15-16-28(29)37)20-24(22-36)30(38)33-17-19-43-42-18-9-8-14-27(31(39)34-25-10-4-2-5-11-25)32(40)35-26-12-6-3-7-13-26/h2-7,10-13,15-16,21-22,27,36-37H,8-9,14,17-20H2,1H3,(H,33,38)(H,34,39)(H,35,40)/b24-22+. The quantitative estimate of drug-likeness (QED) is 0.0409. The Bertz CT molecular complexity index is 1300. The Morgan fingerprint density at radius 1 is 0.860 bits per heavy atom. The van der Waals surface area contributed by atoms with Gasteiger partial charge in [-0.2, -0.15) is 0 Å². The first-order chi connectivity index (χ1) is 20.9. The summed E-state index contributed by atoms with van der Waals surface area (Å²) in [6.45, 7) is 0.425. The Hall–Kier alpha value is -4.09. The van der Waals surface area contributed by atoms with Gasteiger partial charge in [-0.15, -0.1) is 0 Å². The molecule has 0 bridgehead atoms. The molecule has 3 amide bonds. The number of carbonyl (C=O) groups is 3. The summed E-state index contributed by atoms with van der Waals surface area (Å²) < 4.78 is 5.09. The second-order valence-corrected chi connectivity index (χ2v) is 12.2. The van der Waals surface area contributed by atoms with Crippen LogP contribution in [-0.2, 0) is 20.8 Å². The molecule has 5 N–H and O–H groups in total. The Balaban J connectivity index is 1.36. The fourth-order valence-electron chi connectivity index (χ4n) is 4.07. The molecule has 0 aromatic heterocycles. The lowest BCUT2D eigenvalue weighted by molar-refractivity contribution is -0.129. The molecule has 0 radical (unpaired) electrons. The number of phenolic OH excluding ortho intramolecular Hbond substituents is 1. The molecular formula is C32H37N3O6S2. The second-order valence-electron chi connectivity index (χ2n) is 9.50. The van der Waals surface area contributed by atoms with Crippen LogP contribution in [0.5, 0.6) is 11.5 Å². The highest BCUT2D eigenvalue weighted by atomic mass is 33.1. The topological polar surface area (TPSA) is 137 Å². The summed E-state index contributed by atoms with van der Waals surface area (Å²) >= 11 is 0. The Labute approximate surface area is 259 Å². The zero-order valence-corrected chi connectivity index (χ0v) is 25.6. The van der Waals surface area contributed by atoms with Gasteiger partial charge in [-0.3, -0.25) is 14.4 Å². The van der Waals surface area contributed by atoms with E-state index in [2.05, 4.69) is 16.0 Å². The summed E-state index contributed by atoms with van der Waals surface area (Å²) in [6, 6.07) is 22.9. The van der Waals surface area contributed by atoms with Gasteiger partial charge >= 0.3 is 0 Å². The van der Waals surface area contributed by atoms with Crippen LogP contribution in [0.4, 0.5) is 11.4 Å². The Morgan fingerprint density at radius 2 is 1.47 bits per heavy atom. The zero-order valence-electron chi connectivity index (χ0n) is 24.0. The van der Waals surface area contributed by atoms with Gasteiger partial charge in [-0.1, -0.05) is 70.5 Å². The van der Waals surface area contributed by atoms with Crippen molar-refractivity contribution in [2.75, 3.05) is 35.8 Å². The number of ether oxygens (including phenoxy) is 1. The number of aliphatic hydroxyl groups excluding tert-OH is 1. The lowest BCUT2D eigenvalue weighted by Gasteiger charge is -2.17. The van der Waals surface area contributed by atoms with E-state index in [1.54, 1.807) is 58.0 Å². The molecule has 0 atom stereocenters. The molecule has 0 unspecified atom stereocenters. The number of unbranched alkanes of at least 4 members (excludes halogenated alkanes) is 1. The van der Waals surface area contributed by atoms with E-state index in [1.165, 1.54) is 13.2 Å². The van der Waals surface area contributed by atoms with Crippen molar-refractivity contribution in [1.82, 2.24) is 5.32 Å². The van der Waals surface area contributed by atoms with Crippen molar-refractivity contribution in [3.8, 4) is 11.5 Å². The molecule has 11 heteroatoms. The van der Waals surface area contributed by atoms with E-state index in [0.29, 0.717) is 47.8 Å². The lowest BCUT2D eigenvalue weighted by Crippen LogP contribution is -2.34. The maximum atomic E-state index is 13.0. The molecule has 0 aliphatic carbocycles. The number of nitrogens with one attached hydrogen (secondary N) is 3. The summed E-state index contributed by atoms with van der Waals surface area (Å²) in [6.07, 6.45) is 2.93. The maximum absolute atomic E-state index is 13.0. The van der Waals surface area contributed by atoms with E-state index in [4.69, 9.17) is 4.74 Å². The second kappa shape index (κ2) is 18.4. The molecule has 0 aliphatic heterocycles. The molecule has 9 nitrogen and oxygen atoms in total. The van der Waals surface area contributed by atoms with Crippen LogP contribution in [0, 0.1) is 5.92 Å². The number of methoxy groups -OCH3 is 1. The number of hydrogen-bond acceptors (Lipinski definition) is 8. The largest absolute Gasteiger partial charge is 0.515 e. The molecular weight excluding hydrogens is 587 g/mol. The third kappa shape index (κ3) is 11.6. The molecule has 3 aromatic carbocycles. The fourth-order valence-corrected chi connectivity index (χ4v) is 6.12. The monoisotopic (exact) mass is 623 g/mol. The zero-order chi connectivity index (χ0) is 30.9. The number of para-hydroxylation sites is 2. The van der Waals surface area contributed by atoms with E-state index < -0.39 is 5.92 Å². The van der Waals surface area contributed by atoms with Gasteiger partial charge in [0.05, 0.1) is 18.9 Å². The highest BCUT2D eigenvalue weighted by molar-refractivity contribution is 8.76. The van der Waals surface area contributed by atoms with Crippen LogP contribution in [0.15, 0.2) is 90.7 Å². The third-order valence-corrected chi connectivity index (χ3v) is 8.82. The molecule has 0 aliphatic rings. The summed E-state index contributed by atoms with van der Waals surface area (Å²) in [7, 11) is 4.72. The summed E-state index contributed by atoms with van der Waals surface area (Å²) in [5.41, 5.74) is 2.21. The molecule has 0 saturated heterocycles. The first kappa shape index (κ1) is 33.4. The van der Waals surface area contributed by atoms with E-state index >= 15 is 0 Å². The average Bonchev–Trinajstić information content (AvgIpc) is 3.02. The number of amides is 3. The smallest absolute Gasteiger partial charge is 0.250 e. The lowest BCUT2D eigenvalue weighted by atomic mass is 9.99. The molecule has 0 saturated carbocycles. The molecule has 0 spiro atoms. The van der Waals surface area contributed by atoms with Crippen molar-refractivity contribution in [2.24, 2.45) is 5.92 Å². The Morgan fingerprint density at radius 3 is 2.05 bits per heavy atom. The molecule has 0 heterocycles. The van der Waals surface area contributed by atoms with Gasteiger partial charge in [0.15, 0.2) is 11.5 Å². The summed E-state index contributed by atoms with van der Waals surface area (Å²) in [5.74, 6) is -0.0677. The number of phenols is 1. The maximum Gasteiger partial charge on any atom is 0.250 e. The number of benzene rings is 3. The van der Waals surface area contributed by atoms with Crippen molar-refractivity contribution in [3.05, 3.63) is 96.3 Å². The molecule has 3 aromatic rings. The average molecular weight is 624 g/mol. The highest BCUT2D eigenvalue weighted by Gasteiger charge is 2.26. The van der Waals surface area contributed by atoms with E-state index in [9.17, 15) is 24.6 Å². The number of carbonyl (C=O) groups excluding carboxylic acids is 3. The van der Waals surface area contributed by atoms with E-state index in [1.807, 2.05) is 36.4 Å². The van der Waals surface area contributed by atoms with Crippen molar-refractivity contribution in [2.45, 2.75) is 25.7 Å². The van der Waals surface area contributed by atoms with Gasteiger partial charge in [0.25, 0.3) is 5.91 Å². The van der Waals surface area contributed by atoms with Gasteiger partial charge in [0.2, 0.25) is 11.8 Å². The van der Waals surface area contributed by atoms with Crippen LogP contribution in [-0.4, -0.2) is 53.1 Å². The van der Waals surface area contributed by atoms with E-state index in [-0.39, 0.29) is 35.5 Å². The summed E-state index contributed by atoms with van der Waals surface area (Å²) in [5, 5.41) is 27.8. The number of aliphatic hydroxyl groups is 1. The number of aromatic hydroxyl groups is 1. The number of hydrogen-bond donors (Lipinski definition) is 5. The van der Waals surface area contributed by atoms with Crippen LogP contribution >= 0.6 is 21.6 Å². The SMILES string of the molecule is COc1cc(C/C(=C\O)C(=O)NCCSSCCCCC(C(=O)Nc2ccccc2)C(=O)Nc2ccccc2)ccc1O. The van der Waals surface area contributed by atoms with Crippen molar-refractivity contribution in [3.63, 3.8) is 0 Å².